The van der Waals surface area contributed by atoms with Crippen LogP contribution in [-0.4, -0.2) is 43.7 Å². The van der Waals surface area contributed by atoms with Crippen molar-refractivity contribution in [3.05, 3.63) is 102 Å². The quantitative estimate of drug-likeness (QED) is 0.194. The normalized spacial score (nSPS) is 21.1. The number of benzene rings is 2. The number of carbonyl (C=O) groups excluding carboxylic acids is 2. The van der Waals surface area contributed by atoms with E-state index in [-0.39, 0.29) is 48.8 Å². The van der Waals surface area contributed by atoms with Crippen LogP contribution in [0.4, 0.5) is 0 Å². The summed E-state index contributed by atoms with van der Waals surface area (Å²) in [5, 5.41) is 20.9. The van der Waals surface area contributed by atoms with Crippen LogP contribution in [0.1, 0.15) is 93.1 Å². The summed E-state index contributed by atoms with van der Waals surface area (Å²) in [7, 11) is 0. The summed E-state index contributed by atoms with van der Waals surface area (Å²) in [5.41, 5.74) is 20.8. The Balaban J connectivity index is 0.000000172. The average molecular weight is 831 g/mol. The van der Waals surface area contributed by atoms with E-state index in [0.29, 0.717) is 44.3 Å². The van der Waals surface area contributed by atoms with E-state index in [2.05, 4.69) is 22.1 Å². The van der Waals surface area contributed by atoms with Crippen molar-refractivity contribution in [2.45, 2.75) is 90.6 Å². The van der Waals surface area contributed by atoms with Crippen molar-refractivity contribution in [1.29, 1.82) is 10.5 Å². The number of hydrogen-bond acceptors (Lipinski definition) is 8. The molecular weight excluding hydrogens is 790 g/mol. The highest BCUT2D eigenvalue weighted by atomic mass is 35.5. The fourth-order valence-corrected chi connectivity index (χ4v) is 10.00. The molecule has 8 rings (SSSR count). The highest BCUT2D eigenvalue weighted by Crippen LogP contribution is 2.44. The Kier molecular flexibility index (Phi) is 11.6. The van der Waals surface area contributed by atoms with Gasteiger partial charge in [0, 0.05) is 78.9 Å². The van der Waals surface area contributed by atoms with Gasteiger partial charge in [0.25, 0.3) is 11.8 Å². The number of rotatable bonds is 6. The van der Waals surface area contributed by atoms with E-state index >= 15 is 0 Å². The summed E-state index contributed by atoms with van der Waals surface area (Å²) >= 11 is 25.1. The first-order chi connectivity index (χ1) is 26.9. The number of nitrogens with two attached hydrogens (primary N) is 2. The summed E-state index contributed by atoms with van der Waals surface area (Å²) in [4.78, 5) is 39.9. The molecule has 2 aliphatic carbocycles. The van der Waals surface area contributed by atoms with Gasteiger partial charge >= 0.3 is 0 Å². The molecule has 0 saturated heterocycles. The third kappa shape index (κ3) is 7.02. The standard InChI is InChI=1S/2C21H20Cl2N4O/c2*1-11-15(9-25)19(14-6-5-13(22)7-16(14)23)20-17(26-11)10-27(21(20)28)18-4-2-3-12(18)8-24/h2*5-7,12,18H,2-4,9-10,25H2,1H3/t2*12-,18?/m00/s1. The molecule has 0 spiro atoms. The second-order valence-electron chi connectivity index (χ2n) is 14.7. The Morgan fingerprint density at radius 3 is 1.39 bits per heavy atom. The van der Waals surface area contributed by atoms with E-state index in [1.54, 1.807) is 24.3 Å². The van der Waals surface area contributed by atoms with Crippen molar-refractivity contribution in [2.24, 2.45) is 23.3 Å². The molecule has 2 unspecified atom stereocenters. The van der Waals surface area contributed by atoms with Gasteiger partial charge in [-0.05, 0) is 87.8 Å². The number of pyridine rings is 2. The lowest BCUT2D eigenvalue weighted by Crippen LogP contribution is -2.37. The largest absolute Gasteiger partial charge is 0.328 e. The summed E-state index contributed by atoms with van der Waals surface area (Å²) in [5.74, 6) is -0.442. The van der Waals surface area contributed by atoms with Crippen LogP contribution in [-0.2, 0) is 26.2 Å². The molecule has 4 atom stereocenters. The van der Waals surface area contributed by atoms with Crippen molar-refractivity contribution >= 4 is 58.2 Å². The number of nitriles is 2. The van der Waals surface area contributed by atoms with Crippen LogP contribution in [0.2, 0.25) is 20.1 Å². The molecule has 4 aliphatic rings. The lowest BCUT2D eigenvalue weighted by Gasteiger charge is -2.26. The van der Waals surface area contributed by atoms with Crippen LogP contribution >= 0.6 is 46.4 Å². The predicted molar refractivity (Wildman–Crippen MR) is 218 cm³/mol. The first-order valence-electron chi connectivity index (χ1n) is 18.7. The Morgan fingerprint density at radius 2 is 1.05 bits per heavy atom. The zero-order valence-corrected chi connectivity index (χ0v) is 34.0. The molecule has 0 radical (unpaired) electrons. The molecule has 288 valence electrons. The van der Waals surface area contributed by atoms with Gasteiger partial charge in [-0.25, -0.2) is 0 Å². The minimum Gasteiger partial charge on any atom is -0.328 e. The van der Waals surface area contributed by atoms with E-state index in [1.807, 2.05) is 35.8 Å². The van der Waals surface area contributed by atoms with Gasteiger partial charge in [0.05, 0.1) is 59.6 Å². The number of amides is 2. The SMILES string of the molecule is Cc1nc2c(c(-c3ccc(Cl)cc3Cl)c1CN)C(=O)N(C1CCC[C@H]1C#N)C2.Cc1nc2c(c(-c3ccc(Cl)cc3Cl)c1CN)C(=O)N(C1CCC[C@H]1C#N)C2. The zero-order valence-electron chi connectivity index (χ0n) is 31.0. The third-order valence-corrected chi connectivity index (χ3v) is 12.7. The summed E-state index contributed by atoms with van der Waals surface area (Å²) in [6.07, 6.45) is 5.27. The molecule has 4 aromatic rings. The molecule has 0 bridgehead atoms. The Morgan fingerprint density at radius 1 is 0.661 bits per heavy atom. The topological polar surface area (TPSA) is 166 Å². The highest BCUT2D eigenvalue weighted by Gasteiger charge is 2.43. The highest BCUT2D eigenvalue weighted by molar-refractivity contribution is 6.37. The van der Waals surface area contributed by atoms with E-state index in [0.717, 1.165) is 94.7 Å². The third-order valence-electron chi connectivity index (χ3n) is 11.6. The maximum Gasteiger partial charge on any atom is 0.257 e. The molecule has 2 aliphatic heterocycles. The number of aryl methyl sites for hydroxylation is 2. The molecule has 4 heterocycles. The zero-order chi connectivity index (χ0) is 40.0. The maximum absolute atomic E-state index is 13.5. The molecule has 4 N–H and O–H groups in total. The fourth-order valence-electron chi connectivity index (χ4n) is 8.99. The minimum atomic E-state index is -0.129. The molecule has 2 aromatic heterocycles. The van der Waals surface area contributed by atoms with Gasteiger partial charge in [0.1, 0.15) is 0 Å². The van der Waals surface area contributed by atoms with Gasteiger partial charge < -0.3 is 21.3 Å². The summed E-state index contributed by atoms with van der Waals surface area (Å²) < 4.78 is 0. The van der Waals surface area contributed by atoms with E-state index in [1.165, 1.54) is 0 Å². The lowest BCUT2D eigenvalue weighted by atomic mass is 9.93. The van der Waals surface area contributed by atoms with Crippen molar-refractivity contribution < 1.29 is 9.59 Å². The van der Waals surface area contributed by atoms with Crippen molar-refractivity contribution in [1.82, 2.24) is 19.8 Å². The van der Waals surface area contributed by atoms with E-state index in [9.17, 15) is 20.1 Å². The summed E-state index contributed by atoms with van der Waals surface area (Å²) in [6, 6.07) is 15.1. The fraction of sp³-hybridized carbons (Fsp3) is 0.381. The lowest BCUT2D eigenvalue weighted by molar-refractivity contribution is 0.0675. The molecule has 2 fully saturated rings. The number of hydrogen-bond donors (Lipinski definition) is 2. The number of halogens is 4. The van der Waals surface area contributed by atoms with Crippen LogP contribution in [0, 0.1) is 48.3 Å². The number of aromatic nitrogens is 2. The molecule has 2 amide bonds. The van der Waals surface area contributed by atoms with Gasteiger partial charge in [-0.1, -0.05) is 58.5 Å². The molecule has 14 heteroatoms. The first kappa shape index (κ1) is 40.0. The monoisotopic (exact) mass is 828 g/mol. The predicted octanol–water partition coefficient (Wildman–Crippen LogP) is 8.94. The molecule has 2 aromatic carbocycles. The van der Waals surface area contributed by atoms with E-state index < -0.39 is 0 Å². The smallest absolute Gasteiger partial charge is 0.257 e. The number of carbonyl (C=O) groups is 2. The maximum atomic E-state index is 13.5. The van der Waals surface area contributed by atoms with Crippen molar-refractivity contribution in [3.63, 3.8) is 0 Å². The van der Waals surface area contributed by atoms with E-state index in [4.69, 9.17) is 57.9 Å². The van der Waals surface area contributed by atoms with Gasteiger partial charge in [-0.2, -0.15) is 10.5 Å². The molecule has 56 heavy (non-hydrogen) atoms. The second kappa shape index (κ2) is 16.3. The van der Waals surface area contributed by atoms with Crippen molar-refractivity contribution in [3.8, 4) is 34.4 Å². The Bertz CT molecular complexity index is 2190. The van der Waals surface area contributed by atoms with Crippen molar-refractivity contribution in [2.75, 3.05) is 0 Å². The summed E-state index contributed by atoms with van der Waals surface area (Å²) in [6.45, 7) is 5.13. The van der Waals surface area contributed by atoms with Crippen LogP contribution in [0.5, 0.6) is 0 Å². The van der Waals surface area contributed by atoms with Gasteiger partial charge in [-0.15, -0.1) is 0 Å². The average Bonchev–Trinajstić information content (AvgIpc) is 3.97. The number of fused-ring (bicyclic) bond motifs is 2. The second-order valence-corrected chi connectivity index (χ2v) is 16.4. The van der Waals surface area contributed by atoms with Crippen LogP contribution in [0.3, 0.4) is 0 Å². The van der Waals surface area contributed by atoms with Gasteiger partial charge in [0.2, 0.25) is 0 Å². The molecule has 2 saturated carbocycles. The van der Waals surface area contributed by atoms with Gasteiger partial charge in [-0.3, -0.25) is 19.6 Å². The molecule has 10 nitrogen and oxygen atoms in total. The van der Waals surface area contributed by atoms with Gasteiger partial charge in [0.15, 0.2) is 0 Å². The van der Waals surface area contributed by atoms with Crippen LogP contribution in [0.15, 0.2) is 36.4 Å². The minimum absolute atomic E-state index is 0.0677. The number of nitrogens with zero attached hydrogens (tertiary/aromatic N) is 6. The molecular formula is C42H40Cl4N8O2. The van der Waals surface area contributed by atoms with Crippen LogP contribution in [0.25, 0.3) is 22.3 Å². The Hall–Kier alpha value is -4.26. The Labute approximate surface area is 346 Å². The first-order valence-corrected chi connectivity index (χ1v) is 20.2. The van der Waals surface area contributed by atoms with Crippen LogP contribution < -0.4 is 11.5 Å².